The number of hydrogen-bond acceptors (Lipinski definition) is 6. The largest absolute Gasteiger partial charge is 0.494 e. The highest BCUT2D eigenvalue weighted by Crippen LogP contribution is 2.25. The Morgan fingerprint density at radius 3 is 1.94 bits per heavy atom. The SMILES string of the molecule is C/C=C\CCCCOc1ccc(CCC2(CO)COC(C)=N2)cc1.CC.CC(C)(C)O.CC(C)(C)O. The lowest BCUT2D eigenvalue weighted by Gasteiger charge is -2.21. The Morgan fingerprint density at radius 2 is 1.53 bits per heavy atom. The summed E-state index contributed by atoms with van der Waals surface area (Å²) in [5.41, 5.74) is -0.241. The van der Waals surface area contributed by atoms with Crippen molar-refractivity contribution >= 4 is 5.90 Å². The van der Waals surface area contributed by atoms with E-state index in [9.17, 15) is 5.11 Å². The van der Waals surface area contributed by atoms with Gasteiger partial charge in [0.25, 0.3) is 0 Å². The van der Waals surface area contributed by atoms with Crippen LogP contribution in [0.2, 0.25) is 0 Å². The molecule has 0 saturated carbocycles. The molecule has 1 heterocycles. The lowest BCUT2D eigenvalue weighted by Crippen LogP contribution is -2.33. The molecule has 210 valence electrons. The third kappa shape index (κ3) is 23.8. The predicted molar refractivity (Wildman–Crippen MR) is 153 cm³/mol. The Kier molecular flexibility index (Phi) is 19.4. The van der Waals surface area contributed by atoms with Crippen LogP contribution in [0.3, 0.4) is 0 Å². The van der Waals surface area contributed by atoms with Crippen LogP contribution in [-0.2, 0) is 11.2 Å². The molecule has 1 atom stereocenters. The minimum atomic E-state index is -0.500. The maximum Gasteiger partial charge on any atom is 0.180 e. The maximum atomic E-state index is 9.62. The fourth-order valence-corrected chi connectivity index (χ4v) is 2.78. The van der Waals surface area contributed by atoms with Crippen LogP contribution in [0.15, 0.2) is 41.4 Å². The van der Waals surface area contributed by atoms with Crippen molar-refractivity contribution < 1.29 is 24.8 Å². The van der Waals surface area contributed by atoms with Gasteiger partial charge in [-0.3, -0.25) is 0 Å². The zero-order chi connectivity index (χ0) is 28.3. The van der Waals surface area contributed by atoms with Gasteiger partial charge >= 0.3 is 0 Å². The van der Waals surface area contributed by atoms with Gasteiger partial charge in [0.1, 0.15) is 17.9 Å². The summed E-state index contributed by atoms with van der Waals surface area (Å²) >= 11 is 0. The van der Waals surface area contributed by atoms with Gasteiger partial charge in [-0.15, -0.1) is 0 Å². The maximum absolute atomic E-state index is 9.62. The van der Waals surface area contributed by atoms with Crippen LogP contribution in [0, 0.1) is 0 Å². The molecular formula is C30H55NO5. The molecule has 0 spiro atoms. The molecule has 0 bridgehead atoms. The lowest BCUT2D eigenvalue weighted by molar-refractivity contribution is 0.101. The number of rotatable bonds is 10. The van der Waals surface area contributed by atoms with Gasteiger partial charge in [-0.1, -0.05) is 38.1 Å². The van der Waals surface area contributed by atoms with E-state index < -0.39 is 16.7 Å². The van der Waals surface area contributed by atoms with E-state index >= 15 is 0 Å². The predicted octanol–water partition coefficient (Wildman–Crippen LogP) is 6.50. The zero-order valence-corrected chi connectivity index (χ0v) is 24.7. The molecule has 1 aromatic carbocycles. The third-order valence-electron chi connectivity index (χ3n) is 4.31. The smallest absolute Gasteiger partial charge is 0.180 e. The highest BCUT2D eigenvalue weighted by Gasteiger charge is 2.34. The Labute approximate surface area is 221 Å². The molecule has 2 rings (SSSR count). The zero-order valence-electron chi connectivity index (χ0n) is 24.7. The Hall–Kier alpha value is -1.89. The first-order valence-electron chi connectivity index (χ1n) is 13.3. The van der Waals surface area contributed by atoms with E-state index in [0.29, 0.717) is 12.5 Å². The summed E-state index contributed by atoms with van der Waals surface area (Å²) in [7, 11) is 0. The standard InChI is InChI=1S/C20H29NO3.2C4H10O.C2H6/c1-3-4-5-6-7-14-23-19-10-8-18(9-11-19)12-13-20(15-22)16-24-17(2)21-20;2*1-4(2,3)5;1-2/h3-4,8-11,22H,5-7,12-16H2,1-2H3;2*5H,1-3H3;1-2H3/b4-3-;;;. The van der Waals surface area contributed by atoms with Crippen molar-refractivity contribution in [2.24, 2.45) is 4.99 Å². The number of hydrogen-bond donors (Lipinski definition) is 3. The number of allylic oxidation sites excluding steroid dienone is 2. The summed E-state index contributed by atoms with van der Waals surface area (Å²) in [6.07, 6.45) is 9.28. The summed E-state index contributed by atoms with van der Waals surface area (Å²) < 4.78 is 11.2. The van der Waals surface area contributed by atoms with E-state index in [0.717, 1.165) is 44.5 Å². The highest BCUT2D eigenvalue weighted by atomic mass is 16.5. The molecule has 0 amide bonds. The molecule has 1 aliphatic rings. The fourth-order valence-electron chi connectivity index (χ4n) is 2.78. The topological polar surface area (TPSA) is 91.5 Å². The average molecular weight is 510 g/mol. The second-order valence-corrected chi connectivity index (χ2v) is 10.7. The van der Waals surface area contributed by atoms with Crippen LogP contribution in [0.5, 0.6) is 5.75 Å². The molecule has 1 aliphatic heterocycles. The number of nitrogens with zero attached hydrogens (tertiary/aromatic N) is 1. The monoisotopic (exact) mass is 509 g/mol. The van der Waals surface area contributed by atoms with Crippen molar-refractivity contribution in [2.45, 2.75) is 118 Å². The second kappa shape index (κ2) is 19.3. The highest BCUT2D eigenvalue weighted by molar-refractivity contribution is 5.75. The van der Waals surface area contributed by atoms with E-state index in [1.807, 2.05) is 39.8 Å². The molecule has 3 N–H and O–H groups in total. The van der Waals surface area contributed by atoms with Crippen LogP contribution < -0.4 is 4.74 Å². The number of aliphatic hydroxyl groups excluding tert-OH is 1. The second-order valence-electron chi connectivity index (χ2n) is 10.7. The summed E-state index contributed by atoms with van der Waals surface area (Å²) in [5.74, 6) is 1.59. The number of unbranched alkanes of at least 4 members (excludes halogenated alkanes) is 2. The van der Waals surface area contributed by atoms with Gasteiger partial charge in [0.15, 0.2) is 5.90 Å². The van der Waals surface area contributed by atoms with E-state index in [-0.39, 0.29) is 6.61 Å². The summed E-state index contributed by atoms with van der Waals surface area (Å²) in [6.45, 7) is 19.6. The molecule has 36 heavy (non-hydrogen) atoms. The van der Waals surface area contributed by atoms with E-state index in [2.05, 4.69) is 29.3 Å². The Bertz CT molecular complexity index is 690. The van der Waals surface area contributed by atoms with Crippen molar-refractivity contribution in [1.82, 2.24) is 0 Å². The number of aliphatic hydroxyl groups is 3. The van der Waals surface area contributed by atoms with Crippen molar-refractivity contribution in [2.75, 3.05) is 19.8 Å². The van der Waals surface area contributed by atoms with E-state index in [4.69, 9.17) is 19.7 Å². The van der Waals surface area contributed by atoms with Gasteiger partial charge in [0, 0.05) is 6.92 Å². The summed E-state index contributed by atoms with van der Waals surface area (Å²) in [4.78, 5) is 4.46. The van der Waals surface area contributed by atoms with Gasteiger partial charge in [0.2, 0.25) is 0 Å². The van der Waals surface area contributed by atoms with Gasteiger partial charge in [-0.2, -0.15) is 0 Å². The molecule has 6 heteroatoms. The quantitative estimate of drug-likeness (QED) is 0.247. The minimum Gasteiger partial charge on any atom is -0.494 e. The molecular weight excluding hydrogens is 454 g/mol. The molecule has 0 radical (unpaired) electrons. The van der Waals surface area contributed by atoms with Gasteiger partial charge in [0.05, 0.1) is 24.4 Å². The molecule has 0 fully saturated rings. The normalized spacial score (nSPS) is 17.0. The van der Waals surface area contributed by atoms with E-state index in [1.54, 1.807) is 41.5 Å². The average Bonchev–Trinajstić information content (AvgIpc) is 3.16. The van der Waals surface area contributed by atoms with Crippen molar-refractivity contribution in [3.05, 3.63) is 42.0 Å². The van der Waals surface area contributed by atoms with Gasteiger partial charge in [-0.05, 0) is 98.3 Å². The molecule has 1 aromatic rings. The van der Waals surface area contributed by atoms with E-state index in [1.165, 1.54) is 5.56 Å². The minimum absolute atomic E-state index is 0.0265. The number of ether oxygens (including phenoxy) is 2. The van der Waals surface area contributed by atoms with Gasteiger partial charge in [-0.25, -0.2) is 4.99 Å². The lowest BCUT2D eigenvalue weighted by atomic mass is 9.94. The van der Waals surface area contributed by atoms with Crippen molar-refractivity contribution in [3.8, 4) is 5.75 Å². The van der Waals surface area contributed by atoms with Gasteiger partial charge < -0.3 is 24.8 Å². The Morgan fingerprint density at radius 1 is 1.00 bits per heavy atom. The van der Waals surface area contributed by atoms with Crippen LogP contribution in [0.1, 0.15) is 100 Å². The van der Waals surface area contributed by atoms with Crippen LogP contribution in [-0.4, -0.2) is 57.8 Å². The first-order valence-corrected chi connectivity index (χ1v) is 13.3. The number of benzene rings is 1. The molecule has 1 unspecified atom stereocenters. The van der Waals surface area contributed by atoms with Crippen LogP contribution in [0.4, 0.5) is 0 Å². The Balaban J connectivity index is 0. The van der Waals surface area contributed by atoms with Crippen LogP contribution >= 0.6 is 0 Å². The van der Waals surface area contributed by atoms with Crippen molar-refractivity contribution in [3.63, 3.8) is 0 Å². The summed E-state index contributed by atoms with van der Waals surface area (Å²) in [6, 6.07) is 8.22. The van der Waals surface area contributed by atoms with Crippen molar-refractivity contribution in [1.29, 1.82) is 0 Å². The third-order valence-corrected chi connectivity index (χ3v) is 4.31. The molecule has 0 aromatic heterocycles. The first-order chi connectivity index (χ1) is 16.7. The fraction of sp³-hybridized carbons (Fsp3) is 0.700. The molecule has 0 saturated heterocycles. The molecule has 0 aliphatic carbocycles. The van der Waals surface area contributed by atoms with Crippen LogP contribution in [0.25, 0.3) is 0 Å². The molecule has 6 nitrogen and oxygen atoms in total. The summed E-state index contributed by atoms with van der Waals surface area (Å²) in [5, 5.41) is 26.7. The first kappa shape index (κ1) is 36.3. The number of aliphatic imine (C=N–C) groups is 1. The number of aryl methyl sites for hydroxylation is 1.